The van der Waals surface area contributed by atoms with Crippen LogP contribution >= 0.6 is 0 Å². The minimum atomic E-state index is -3.85. The van der Waals surface area contributed by atoms with E-state index in [9.17, 15) is 21.6 Å². The highest BCUT2D eigenvalue weighted by Gasteiger charge is 2.33. The van der Waals surface area contributed by atoms with E-state index in [0.717, 1.165) is 31.5 Å². The Labute approximate surface area is 211 Å². The lowest BCUT2D eigenvalue weighted by atomic mass is 10.2. The molecule has 5 rings (SSSR count). The van der Waals surface area contributed by atoms with Crippen molar-refractivity contribution < 1.29 is 21.6 Å². The van der Waals surface area contributed by atoms with Gasteiger partial charge in [0.05, 0.1) is 22.6 Å². The first kappa shape index (κ1) is 24.9. The maximum absolute atomic E-state index is 12.7. The largest absolute Gasteiger partial charge is 0.351 e. The van der Waals surface area contributed by atoms with E-state index in [2.05, 4.69) is 19.9 Å². The van der Waals surface area contributed by atoms with E-state index in [1.165, 1.54) is 12.1 Å². The van der Waals surface area contributed by atoms with Crippen LogP contribution in [0.25, 0.3) is 0 Å². The zero-order valence-electron chi connectivity index (χ0n) is 20.1. The summed E-state index contributed by atoms with van der Waals surface area (Å²) in [6.45, 7) is 0.610. The number of sulfone groups is 1. The van der Waals surface area contributed by atoms with Crippen molar-refractivity contribution in [1.29, 1.82) is 0 Å². The van der Waals surface area contributed by atoms with Crippen molar-refractivity contribution in [3.05, 3.63) is 30.5 Å². The fourth-order valence-corrected chi connectivity index (χ4v) is 8.14. The minimum absolute atomic E-state index is 0.00799. The lowest BCUT2D eigenvalue weighted by Crippen LogP contribution is -2.35. The SMILES string of the molecule is CN1C(=O)CCN(C2CCCC2)c2nc(Nc3ccc(S(=O)(=O)NC4CCS(=O)(=O)C4)cc3)ncc21. The van der Waals surface area contributed by atoms with E-state index in [1.54, 1.807) is 30.3 Å². The van der Waals surface area contributed by atoms with E-state index < -0.39 is 25.9 Å². The molecule has 0 radical (unpaired) electrons. The smallest absolute Gasteiger partial charge is 0.240 e. The number of benzene rings is 1. The Morgan fingerprint density at radius 1 is 1.08 bits per heavy atom. The van der Waals surface area contributed by atoms with Crippen molar-refractivity contribution in [2.45, 2.75) is 55.5 Å². The molecule has 2 fully saturated rings. The second-order valence-corrected chi connectivity index (χ2v) is 13.6. The van der Waals surface area contributed by atoms with Crippen molar-refractivity contribution in [1.82, 2.24) is 14.7 Å². The molecule has 1 atom stereocenters. The Kier molecular flexibility index (Phi) is 6.64. The second-order valence-electron chi connectivity index (χ2n) is 9.61. The normalized spacial score (nSPS) is 22.5. The highest BCUT2D eigenvalue weighted by atomic mass is 32.2. The Balaban J connectivity index is 1.34. The fourth-order valence-electron chi connectivity index (χ4n) is 5.09. The summed E-state index contributed by atoms with van der Waals surface area (Å²) >= 11 is 0. The van der Waals surface area contributed by atoms with Gasteiger partial charge in [0.1, 0.15) is 5.69 Å². The molecule has 11 nitrogen and oxygen atoms in total. The molecule has 1 aliphatic carbocycles. The van der Waals surface area contributed by atoms with Gasteiger partial charge >= 0.3 is 0 Å². The van der Waals surface area contributed by atoms with Gasteiger partial charge in [-0.1, -0.05) is 12.8 Å². The van der Waals surface area contributed by atoms with Crippen LogP contribution in [0.1, 0.15) is 38.5 Å². The van der Waals surface area contributed by atoms with Crippen LogP contribution in [0.15, 0.2) is 35.4 Å². The monoisotopic (exact) mass is 534 g/mol. The standard InChI is InChI=1S/C23H30N6O5S2/c1-28-20-14-24-23(26-22(20)29(12-10-21(28)30)18-4-2-3-5-18)25-16-6-8-19(9-7-16)36(33,34)27-17-11-13-35(31,32)15-17/h6-9,14,17-18,27H,2-5,10-13,15H2,1H3,(H,24,25,26). The van der Waals surface area contributed by atoms with Gasteiger partial charge < -0.3 is 15.1 Å². The number of nitrogens with zero attached hydrogens (tertiary/aromatic N) is 4. The fraction of sp³-hybridized carbons (Fsp3) is 0.522. The average Bonchev–Trinajstić information content (AvgIpc) is 3.46. The van der Waals surface area contributed by atoms with Crippen LogP contribution in [0.2, 0.25) is 0 Å². The number of rotatable bonds is 6. The Morgan fingerprint density at radius 2 is 1.81 bits per heavy atom. The summed E-state index contributed by atoms with van der Waals surface area (Å²) in [5.74, 6) is 0.917. The van der Waals surface area contributed by atoms with Gasteiger partial charge in [0.15, 0.2) is 15.7 Å². The van der Waals surface area contributed by atoms with Gasteiger partial charge in [-0.2, -0.15) is 4.98 Å². The molecular formula is C23H30N6O5S2. The Bertz CT molecular complexity index is 1360. The minimum Gasteiger partial charge on any atom is -0.351 e. The molecule has 1 aromatic carbocycles. The number of hydrogen-bond donors (Lipinski definition) is 2. The maximum Gasteiger partial charge on any atom is 0.240 e. The average molecular weight is 535 g/mol. The van der Waals surface area contributed by atoms with Gasteiger partial charge in [0, 0.05) is 37.8 Å². The molecule has 2 aromatic rings. The third kappa shape index (κ3) is 5.18. The van der Waals surface area contributed by atoms with E-state index >= 15 is 0 Å². The molecule has 1 aromatic heterocycles. The molecule has 1 saturated heterocycles. The molecule has 0 spiro atoms. The topological polar surface area (TPSA) is 142 Å². The van der Waals surface area contributed by atoms with Crippen LogP contribution in [-0.2, 0) is 24.7 Å². The molecule has 0 bridgehead atoms. The summed E-state index contributed by atoms with van der Waals surface area (Å²) in [6, 6.07) is 5.86. The van der Waals surface area contributed by atoms with Gasteiger partial charge in [-0.05, 0) is 43.5 Å². The first-order valence-corrected chi connectivity index (χ1v) is 15.4. The molecule has 194 valence electrons. The molecule has 1 saturated carbocycles. The van der Waals surface area contributed by atoms with Gasteiger partial charge in [0.2, 0.25) is 21.9 Å². The van der Waals surface area contributed by atoms with Crippen molar-refractivity contribution in [2.24, 2.45) is 0 Å². The number of carbonyl (C=O) groups is 1. The summed E-state index contributed by atoms with van der Waals surface area (Å²) < 4.78 is 51.2. The van der Waals surface area contributed by atoms with Crippen molar-refractivity contribution >= 4 is 48.9 Å². The summed E-state index contributed by atoms with van der Waals surface area (Å²) in [4.78, 5) is 25.5. The number of hydrogen-bond acceptors (Lipinski definition) is 9. The molecule has 1 amide bonds. The van der Waals surface area contributed by atoms with E-state index in [0.29, 0.717) is 36.3 Å². The number of anilines is 4. The third-order valence-electron chi connectivity index (χ3n) is 7.06. The van der Waals surface area contributed by atoms with E-state index in [4.69, 9.17) is 4.98 Å². The molecule has 3 heterocycles. The van der Waals surface area contributed by atoms with Gasteiger partial charge in [-0.25, -0.2) is 26.5 Å². The summed E-state index contributed by atoms with van der Waals surface area (Å²) in [6.07, 6.45) is 6.81. The number of sulfonamides is 1. The number of aromatic nitrogens is 2. The zero-order valence-corrected chi connectivity index (χ0v) is 21.7. The number of fused-ring (bicyclic) bond motifs is 1. The molecular weight excluding hydrogens is 504 g/mol. The summed E-state index contributed by atoms with van der Waals surface area (Å²) in [7, 11) is -5.30. The lowest BCUT2D eigenvalue weighted by molar-refractivity contribution is -0.118. The molecule has 36 heavy (non-hydrogen) atoms. The van der Waals surface area contributed by atoms with Crippen LogP contribution < -0.4 is 19.8 Å². The molecule has 2 aliphatic heterocycles. The molecule has 3 aliphatic rings. The number of nitrogens with one attached hydrogen (secondary N) is 2. The zero-order chi connectivity index (χ0) is 25.5. The Morgan fingerprint density at radius 3 is 2.47 bits per heavy atom. The van der Waals surface area contributed by atoms with Crippen LogP contribution in [0.5, 0.6) is 0 Å². The first-order valence-electron chi connectivity index (χ1n) is 12.1. The maximum atomic E-state index is 12.7. The predicted octanol–water partition coefficient (Wildman–Crippen LogP) is 1.80. The predicted molar refractivity (Wildman–Crippen MR) is 137 cm³/mol. The number of carbonyl (C=O) groups excluding carboxylic acids is 1. The molecule has 2 N–H and O–H groups in total. The van der Waals surface area contributed by atoms with Crippen LogP contribution in [-0.4, -0.2) is 69.9 Å². The molecule has 1 unspecified atom stereocenters. The van der Waals surface area contributed by atoms with Crippen molar-refractivity contribution in [3.63, 3.8) is 0 Å². The van der Waals surface area contributed by atoms with Gasteiger partial charge in [-0.3, -0.25) is 4.79 Å². The highest BCUT2D eigenvalue weighted by Crippen LogP contribution is 2.36. The van der Waals surface area contributed by atoms with Gasteiger partial charge in [0.25, 0.3) is 0 Å². The second kappa shape index (κ2) is 9.60. The Hall–Kier alpha value is -2.77. The van der Waals surface area contributed by atoms with E-state index in [-0.39, 0.29) is 28.7 Å². The van der Waals surface area contributed by atoms with Gasteiger partial charge in [-0.15, -0.1) is 0 Å². The van der Waals surface area contributed by atoms with E-state index in [1.807, 2.05) is 0 Å². The number of amides is 1. The highest BCUT2D eigenvalue weighted by molar-refractivity contribution is 7.92. The quantitative estimate of drug-likeness (QED) is 0.567. The van der Waals surface area contributed by atoms with Crippen LogP contribution in [0.3, 0.4) is 0 Å². The third-order valence-corrected chi connectivity index (χ3v) is 10.4. The van der Waals surface area contributed by atoms with Crippen LogP contribution in [0.4, 0.5) is 23.1 Å². The lowest BCUT2D eigenvalue weighted by Gasteiger charge is -2.30. The van der Waals surface area contributed by atoms with Crippen molar-refractivity contribution in [3.8, 4) is 0 Å². The van der Waals surface area contributed by atoms with Crippen LogP contribution in [0, 0.1) is 0 Å². The molecule has 13 heteroatoms. The van der Waals surface area contributed by atoms with Crippen molar-refractivity contribution in [2.75, 3.05) is 40.2 Å². The summed E-state index contributed by atoms with van der Waals surface area (Å²) in [5, 5.41) is 3.13. The summed E-state index contributed by atoms with van der Waals surface area (Å²) in [5.41, 5.74) is 1.28. The first-order chi connectivity index (χ1) is 17.1.